The molecule has 0 unspecified atom stereocenters. The Bertz CT molecular complexity index is 1900. The van der Waals surface area contributed by atoms with E-state index >= 15 is 0 Å². The molecule has 4 aromatic heterocycles. The normalized spacial score (nSPS) is 12.2. The fraction of sp³-hybridized carbons (Fsp3) is 0.0741. The number of thiazole rings is 1. The summed E-state index contributed by atoms with van der Waals surface area (Å²) < 4.78 is 2.46. The number of rotatable bonds is 6. The largest absolute Gasteiger partial charge is 0.361 e. The molecule has 1 atom stereocenters. The number of aromatic nitrogens is 5. The second-order valence-corrected chi connectivity index (χ2v) is 11.0. The smallest absolute Gasteiger partial charge is 0.264 e. The topological polar surface area (TPSA) is 106 Å². The van der Waals surface area contributed by atoms with Gasteiger partial charge in [0.25, 0.3) is 5.56 Å². The van der Waals surface area contributed by atoms with Gasteiger partial charge in [0, 0.05) is 39.8 Å². The average molecular weight is 559 g/mol. The van der Waals surface area contributed by atoms with Gasteiger partial charge in [0.1, 0.15) is 23.2 Å². The lowest BCUT2D eigenvalue weighted by Gasteiger charge is -2.23. The minimum atomic E-state index is -0.507. The predicted octanol–water partition coefficient (Wildman–Crippen LogP) is 6.06. The maximum absolute atomic E-state index is 14.2. The number of nitrogens with zero attached hydrogens (tertiary/aromatic N) is 4. The molecule has 11 heteroatoms. The van der Waals surface area contributed by atoms with Crippen molar-refractivity contribution in [3.63, 3.8) is 0 Å². The van der Waals surface area contributed by atoms with Crippen molar-refractivity contribution >= 4 is 62.3 Å². The molecule has 0 saturated heterocycles. The lowest BCUT2D eigenvalue weighted by molar-refractivity contribution is 0.774. The van der Waals surface area contributed by atoms with Gasteiger partial charge >= 0.3 is 0 Å². The molecule has 4 heterocycles. The summed E-state index contributed by atoms with van der Waals surface area (Å²) in [5.74, 6) is 0.348. The van der Waals surface area contributed by atoms with Crippen molar-refractivity contribution in [3.05, 3.63) is 110 Å². The third kappa shape index (κ3) is 4.26. The summed E-state index contributed by atoms with van der Waals surface area (Å²) in [6, 6.07) is 15.9. The number of nitrogens with one attached hydrogen (secondary N) is 2. The van der Waals surface area contributed by atoms with Crippen LogP contribution in [0, 0.1) is 0 Å². The fourth-order valence-corrected chi connectivity index (χ4v) is 6.58. The molecule has 0 amide bonds. The van der Waals surface area contributed by atoms with Gasteiger partial charge in [0.15, 0.2) is 9.77 Å². The average Bonchev–Trinajstić information content (AvgIpc) is 3.44. The Morgan fingerprint density at radius 2 is 1.87 bits per heavy atom. The van der Waals surface area contributed by atoms with Gasteiger partial charge in [0.2, 0.25) is 0 Å². The standard InChI is InChI=1S/C27H19ClN6O2S2/c1-15(33-25-21-18(35)10-11-29-24(21)31-14-32-25)23-22(28)17-8-5-9-19(38-27-30-12-13-37-27)20(17)26(36)34(23)16-6-3-2-4-7-16/h2-15H,1H3,(H2,29,31,32,33,35)/t15-/m0/s1. The van der Waals surface area contributed by atoms with Crippen LogP contribution in [0.2, 0.25) is 5.02 Å². The zero-order valence-electron chi connectivity index (χ0n) is 19.9. The minimum Gasteiger partial charge on any atom is -0.361 e. The van der Waals surface area contributed by atoms with Crippen LogP contribution in [-0.4, -0.2) is 24.5 Å². The number of hydrogen-bond donors (Lipinski definition) is 2. The second kappa shape index (κ2) is 10.1. The molecule has 0 aliphatic rings. The summed E-state index contributed by atoms with van der Waals surface area (Å²) in [5, 5.41) is 7.12. The van der Waals surface area contributed by atoms with Crippen molar-refractivity contribution in [2.24, 2.45) is 0 Å². The van der Waals surface area contributed by atoms with Crippen LogP contribution in [0.1, 0.15) is 18.7 Å². The van der Waals surface area contributed by atoms with Crippen LogP contribution in [-0.2, 0) is 0 Å². The molecule has 188 valence electrons. The van der Waals surface area contributed by atoms with Gasteiger partial charge in [-0.1, -0.05) is 53.7 Å². The maximum Gasteiger partial charge on any atom is 0.264 e. The van der Waals surface area contributed by atoms with Crippen LogP contribution in [0.25, 0.3) is 27.5 Å². The summed E-state index contributed by atoms with van der Waals surface area (Å²) in [5.41, 5.74) is 1.21. The lowest BCUT2D eigenvalue weighted by atomic mass is 10.1. The molecule has 38 heavy (non-hydrogen) atoms. The van der Waals surface area contributed by atoms with E-state index in [0.717, 1.165) is 9.24 Å². The van der Waals surface area contributed by atoms with Gasteiger partial charge in [-0.25, -0.2) is 15.0 Å². The van der Waals surface area contributed by atoms with E-state index in [4.69, 9.17) is 11.6 Å². The highest BCUT2D eigenvalue weighted by atomic mass is 35.5. The van der Waals surface area contributed by atoms with Crippen molar-refractivity contribution in [1.29, 1.82) is 0 Å². The number of hydrogen-bond acceptors (Lipinski definition) is 8. The third-order valence-electron chi connectivity index (χ3n) is 6.08. The minimum absolute atomic E-state index is 0.204. The van der Waals surface area contributed by atoms with Crippen molar-refractivity contribution in [3.8, 4) is 5.69 Å². The first-order valence-electron chi connectivity index (χ1n) is 11.6. The highest BCUT2D eigenvalue weighted by Crippen LogP contribution is 2.38. The van der Waals surface area contributed by atoms with Gasteiger partial charge in [-0.15, -0.1) is 11.3 Å². The Morgan fingerprint density at radius 1 is 1.03 bits per heavy atom. The zero-order chi connectivity index (χ0) is 26.2. The third-order valence-corrected chi connectivity index (χ3v) is 8.42. The predicted molar refractivity (Wildman–Crippen MR) is 153 cm³/mol. The first-order chi connectivity index (χ1) is 18.5. The van der Waals surface area contributed by atoms with Gasteiger partial charge in [-0.2, -0.15) is 0 Å². The molecular formula is C27H19ClN6O2S2. The van der Waals surface area contributed by atoms with E-state index < -0.39 is 6.04 Å². The van der Waals surface area contributed by atoms with Gasteiger partial charge in [0.05, 0.1) is 22.1 Å². The quantitative estimate of drug-likeness (QED) is 0.256. The lowest BCUT2D eigenvalue weighted by Crippen LogP contribution is -2.27. The summed E-state index contributed by atoms with van der Waals surface area (Å²) in [4.78, 5) is 43.5. The highest BCUT2D eigenvalue weighted by molar-refractivity contribution is 8.01. The Kier molecular flexibility index (Phi) is 6.44. The monoisotopic (exact) mass is 558 g/mol. The van der Waals surface area contributed by atoms with Gasteiger partial charge in [-0.3, -0.25) is 14.2 Å². The molecule has 6 rings (SSSR count). The van der Waals surface area contributed by atoms with Gasteiger partial charge in [-0.05, 0) is 25.1 Å². The van der Waals surface area contributed by atoms with Crippen molar-refractivity contribution in [2.75, 3.05) is 5.32 Å². The van der Waals surface area contributed by atoms with Crippen LogP contribution >= 0.6 is 34.7 Å². The first-order valence-corrected chi connectivity index (χ1v) is 13.7. The number of halogens is 1. The Labute approximate surface area is 229 Å². The summed E-state index contributed by atoms with van der Waals surface area (Å²) >= 11 is 10.1. The number of para-hydroxylation sites is 1. The van der Waals surface area contributed by atoms with Crippen LogP contribution in [0.3, 0.4) is 0 Å². The van der Waals surface area contributed by atoms with Crippen LogP contribution < -0.4 is 16.3 Å². The Balaban J connectivity index is 1.58. The van der Waals surface area contributed by atoms with Crippen molar-refractivity contribution in [2.45, 2.75) is 22.2 Å². The van der Waals surface area contributed by atoms with E-state index in [1.807, 2.05) is 60.8 Å². The highest BCUT2D eigenvalue weighted by Gasteiger charge is 2.24. The molecule has 0 saturated carbocycles. The number of anilines is 1. The molecule has 0 aliphatic carbocycles. The molecule has 0 radical (unpaired) electrons. The molecule has 0 fully saturated rings. The molecule has 0 spiro atoms. The summed E-state index contributed by atoms with van der Waals surface area (Å²) in [6.07, 6.45) is 4.65. The number of H-pyrrole nitrogens is 1. The summed E-state index contributed by atoms with van der Waals surface area (Å²) in [6.45, 7) is 1.88. The number of pyridine rings is 2. The molecule has 8 nitrogen and oxygen atoms in total. The van der Waals surface area contributed by atoms with E-state index in [9.17, 15) is 9.59 Å². The molecule has 0 bridgehead atoms. The van der Waals surface area contributed by atoms with Crippen LogP contribution in [0.5, 0.6) is 0 Å². The molecule has 0 aliphatic heterocycles. The van der Waals surface area contributed by atoms with Crippen molar-refractivity contribution < 1.29 is 0 Å². The van der Waals surface area contributed by atoms with E-state index in [1.54, 1.807) is 17.0 Å². The van der Waals surface area contributed by atoms with E-state index in [0.29, 0.717) is 44.0 Å². The SMILES string of the molecule is C[C@H](Nc1ncnc2[nH]ccc(=O)c12)c1c(Cl)c2cccc(Sc3nccs3)c2c(=O)n1-c1ccccc1. The first kappa shape index (κ1) is 24.4. The molecule has 6 aromatic rings. The molecular weight excluding hydrogens is 540 g/mol. The van der Waals surface area contributed by atoms with E-state index in [2.05, 4.69) is 25.3 Å². The molecule has 2 N–H and O–H groups in total. The van der Waals surface area contributed by atoms with Crippen molar-refractivity contribution in [1.82, 2.24) is 24.5 Å². The number of benzene rings is 2. The fourth-order valence-electron chi connectivity index (χ4n) is 4.44. The number of aromatic amines is 1. The zero-order valence-corrected chi connectivity index (χ0v) is 22.3. The second-order valence-electron chi connectivity index (χ2n) is 8.41. The van der Waals surface area contributed by atoms with Crippen LogP contribution in [0.15, 0.2) is 97.5 Å². The van der Waals surface area contributed by atoms with E-state index in [1.165, 1.54) is 35.5 Å². The maximum atomic E-state index is 14.2. The Morgan fingerprint density at radius 3 is 2.66 bits per heavy atom. The summed E-state index contributed by atoms with van der Waals surface area (Å²) in [7, 11) is 0. The van der Waals surface area contributed by atoms with Gasteiger partial charge < -0.3 is 10.3 Å². The van der Waals surface area contributed by atoms with E-state index in [-0.39, 0.29) is 11.0 Å². The Hall–Kier alpha value is -3.99. The number of fused-ring (bicyclic) bond motifs is 2. The van der Waals surface area contributed by atoms with Crippen LogP contribution in [0.4, 0.5) is 5.82 Å². The molecule has 2 aromatic carbocycles.